The van der Waals surface area contributed by atoms with Crippen molar-refractivity contribution < 1.29 is 9.60 Å². The van der Waals surface area contributed by atoms with Crippen LogP contribution >= 0.6 is 11.8 Å². The van der Waals surface area contributed by atoms with Crippen LogP contribution in [0.3, 0.4) is 0 Å². The molecule has 4 N–H and O–H groups in total. The van der Waals surface area contributed by atoms with Gasteiger partial charge >= 0.3 is 0 Å². The molecular weight excluding hydrogens is 289 g/mol. The molecule has 0 aliphatic rings. The standard InChI is InChI=1S/C15H24FN3OS/c1-21-9-5-3-2-4-8-18-11-13-7-6-12(10-14(13)16)15(17)19-20/h6-7,10,18,20H,2-5,8-9,11H2,1H3,(H2,17,19). The van der Waals surface area contributed by atoms with Crippen LogP contribution in [0.1, 0.15) is 36.8 Å². The van der Waals surface area contributed by atoms with Crippen molar-refractivity contribution in [3.63, 3.8) is 0 Å². The maximum absolute atomic E-state index is 13.8. The van der Waals surface area contributed by atoms with Crippen LogP contribution in [0.15, 0.2) is 23.4 Å². The maximum atomic E-state index is 13.8. The van der Waals surface area contributed by atoms with Gasteiger partial charge in [-0.05, 0) is 37.5 Å². The summed E-state index contributed by atoms with van der Waals surface area (Å²) in [5, 5.41) is 14.7. The van der Waals surface area contributed by atoms with E-state index in [0.29, 0.717) is 17.7 Å². The van der Waals surface area contributed by atoms with Crippen molar-refractivity contribution in [3.05, 3.63) is 35.1 Å². The number of thioether (sulfide) groups is 1. The molecule has 1 aromatic rings. The van der Waals surface area contributed by atoms with Gasteiger partial charge in [0.2, 0.25) is 0 Å². The summed E-state index contributed by atoms with van der Waals surface area (Å²) in [4.78, 5) is 0. The average molecular weight is 313 g/mol. The van der Waals surface area contributed by atoms with Gasteiger partial charge in [0.15, 0.2) is 5.84 Å². The highest BCUT2D eigenvalue weighted by Crippen LogP contribution is 2.10. The zero-order chi connectivity index (χ0) is 15.5. The quantitative estimate of drug-likeness (QED) is 0.204. The Morgan fingerprint density at radius 1 is 1.33 bits per heavy atom. The molecule has 21 heavy (non-hydrogen) atoms. The molecule has 0 radical (unpaired) electrons. The molecule has 1 rings (SSSR count). The Labute approximate surface area is 130 Å². The first kappa shape index (κ1) is 17.8. The van der Waals surface area contributed by atoms with Gasteiger partial charge in [-0.1, -0.05) is 30.1 Å². The Kier molecular flexibility index (Phi) is 8.85. The number of oxime groups is 1. The Bertz CT molecular complexity index is 455. The minimum Gasteiger partial charge on any atom is -0.409 e. The van der Waals surface area contributed by atoms with E-state index in [1.165, 1.54) is 31.1 Å². The number of halogens is 1. The Morgan fingerprint density at radius 3 is 2.76 bits per heavy atom. The summed E-state index contributed by atoms with van der Waals surface area (Å²) in [7, 11) is 0. The minimum atomic E-state index is -0.341. The first-order valence-corrected chi connectivity index (χ1v) is 8.54. The second-order valence-electron chi connectivity index (χ2n) is 4.88. The number of amidine groups is 1. The number of unbranched alkanes of at least 4 members (excludes halogenated alkanes) is 3. The van der Waals surface area contributed by atoms with E-state index < -0.39 is 0 Å². The van der Waals surface area contributed by atoms with E-state index >= 15 is 0 Å². The zero-order valence-electron chi connectivity index (χ0n) is 12.4. The van der Waals surface area contributed by atoms with E-state index in [4.69, 9.17) is 10.9 Å². The normalized spacial score (nSPS) is 11.8. The largest absolute Gasteiger partial charge is 0.409 e. The van der Waals surface area contributed by atoms with Crippen LogP contribution in [-0.2, 0) is 6.54 Å². The molecule has 0 saturated heterocycles. The SMILES string of the molecule is CSCCCCCCNCc1ccc(/C(N)=N/O)cc1F. The summed E-state index contributed by atoms with van der Waals surface area (Å²) in [6.45, 7) is 1.38. The van der Waals surface area contributed by atoms with Gasteiger partial charge in [0.05, 0.1) is 0 Å². The van der Waals surface area contributed by atoms with Gasteiger partial charge in [0.25, 0.3) is 0 Å². The number of benzene rings is 1. The van der Waals surface area contributed by atoms with E-state index in [0.717, 1.165) is 13.0 Å². The summed E-state index contributed by atoms with van der Waals surface area (Å²) in [6, 6.07) is 4.60. The number of rotatable bonds is 10. The van der Waals surface area contributed by atoms with Gasteiger partial charge in [0, 0.05) is 17.7 Å². The molecule has 0 bridgehead atoms. The monoisotopic (exact) mass is 313 g/mol. The predicted molar refractivity (Wildman–Crippen MR) is 87.5 cm³/mol. The van der Waals surface area contributed by atoms with E-state index in [2.05, 4.69) is 16.7 Å². The third kappa shape index (κ3) is 6.82. The van der Waals surface area contributed by atoms with Crippen molar-refractivity contribution in [3.8, 4) is 0 Å². The van der Waals surface area contributed by atoms with E-state index in [-0.39, 0.29) is 11.7 Å². The molecular formula is C15H24FN3OS. The molecule has 118 valence electrons. The predicted octanol–water partition coefficient (Wildman–Crippen LogP) is 2.93. The van der Waals surface area contributed by atoms with Gasteiger partial charge in [-0.25, -0.2) is 4.39 Å². The Balaban J connectivity index is 2.26. The second-order valence-corrected chi connectivity index (χ2v) is 5.86. The van der Waals surface area contributed by atoms with Crippen molar-refractivity contribution in [1.29, 1.82) is 0 Å². The van der Waals surface area contributed by atoms with Gasteiger partial charge in [-0.3, -0.25) is 0 Å². The van der Waals surface area contributed by atoms with Crippen LogP contribution in [-0.4, -0.2) is 29.6 Å². The van der Waals surface area contributed by atoms with Gasteiger partial charge in [-0.2, -0.15) is 11.8 Å². The van der Waals surface area contributed by atoms with Gasteiger partial charge in [0.1, 0.15) is 5.82 Å². The van der Waals surface area contributed by atoms with Crippen LogP contribution in [0.25, 0.3) is 0 Å². The molecule has 0 spiro atoms. The lowest BCUT2D eigenvalue weighted by Crippen LogP contribution is -2.17. The molecule has 0 aromatic heterocycles. The summed E-state index contributed by atoms with van der Waals surface area (Å²) >= 11 is 1.88. The summed E-state index contributed by atoms with van der Waals surface area (Å²) < 4.78 is 13.8. The third-order valence-electron chi connectivity index (χ3n) is 3.22. The first-order chi connectivity index (χ1) is 10.2. The number of hydrogen-bond donors (Lipinski definition) is 3. The molecule has 0 saturated carbocycles. The molecule has 0 aliphatic carbocycles. The third-order valence-corrected chi connectivity index (χ3v) is 3.92. The molecule has 0 atom stereocenters. The Hall–Kier alpha value is -1.27. The fourth-order valence-electron chi connectivity index (χ4n) is 1.98. The van der Waals surface area contributed by atoms with E-state index in [1.54, 1.807) is 12.1 Å². The fraction of sp³-hybridized carbons (Fsp3) is 0.533. The number of nitrogens with zero attached hydrogens (tertiary/aromatic N) is 1. The molecule has 4 nitrogen and oxygen atoms in total. The van der Waals surface area contributed by atoms with Gasteiger partial charge in [-0.15, -0.1) is 0 Å². The van der Waals surface area contributed by atoms with E-state index in [9.17, 15) is 4.39 Å². The molecule has 1 aromatic carbocycles. The van der Waals surface area contributed by atoms with Crippen molar-refractivity contribution >= 4 is 17.6 Å². The van der Waals surface area contributed by atoms with Crippen molar-refractivity contribution in [1.82, 2.24) is 5.32 Å². The highest BCUT2D eigenvalue weighted by atomic mass is 32.2. The lowest BCUT2D eigenvalue weighted by atomic mass is 10.1. The molecule has 0 unspecified atom stereocenters. The number of hydrogen-bond acceptors (Lipinski definition) is 4. The zero-order valence-corrected chi connectivity index (χ0v) is 13.3. The summed E-state index contributed by atoms with van der Waals surface area (Å²) in [5.41, 5.74) is 6.39. The molecule has 0 fully saturated rings. The maximum Gasteiger partial charge on any atom is 0.170 e. The average Bonchev–Trinajstić information content (AvgIpc) is 2.50. The van der Waals surface area contributed by atoms with Crippen LogP contribution in [0.4, 0.5) is 4.39 Å². The van der Waals surface area contributed by atoms with Crippen LogP contribution in [0.5, 0.6) is 0 Å². The highest BCUT2D eigenvalue weighted by Gasteiger charge is 2.06. The summed E-state index contributed by atoms with van der Waals surface area (Å²) in [5.74, 6) is 0.802. The van der Waals surface area contributed by atoms with Crippen molar-refractivity contribution in [2.45, 2.75) is 32.2 Å². The molecule has 0 aliphatic heterocycles. The molecule has 0 heterocycles. The highest BCUT2D eigenvalue weighted by molar-refractivity contribution is 7.98. The molecule has 0 amide bonds. The van der Waals surface area contributed by atoms with Crippen molar-refractivity contribution in [2.75, 3.05) is 18.6 Å². The lowest BCUT2D eigenvalue weighted by molar-refractivity contribution is 0.318. The first-order valence-electron chi connectivity index (χ1n) is 7.15. The van der Waals surface area contributed by atoms with Crippen LogP contribution in [0.2, 0.25) is 0 Å². The van der Waals surface area contributed by atoms with E-state index in [1.807, 2.05) is 11.8 Å². The number of nitrogens with one attached hydrogen (secondary N) is 1. The smallest absolute Gasteiger partial charge is 0.170 e. The van der Waals surface area contributed by atoms with Crippen LogP contribution < -0.4 is 11.1 Å². The lowest BCUT2D eigenvalue weighted by Gasteiger charge is -2.07. The number of nitrogens with two attached hydrogens (primary N) is 1. The second kappa shape index (κ2) is 10.5. The Morgan fingerprint density at radius 2 is 2.10 bits per heavy atom. The summed E-state index contributed by atoms with van der Waals surface area (Å²) in [6.07, 6.45) is 6.97. The van der Waals surface area contributed by atoms with Gasteiger partial charge < -0.3 is 16.3 Å². The van der Waals surface area contributed by atoms with Crippen molar-refractivity contribution in [2.24, 2.45) is 10.9 Å². The fourth-order valence-corrected chi connectivity index (χ4v) is 2.47. The minimum absolute atomic E-state index is 0.0846. The molecule has 6 heteroatoms. The van der Waals surface area contributed by atoms with Crippen LogP contribution in [0, 0.1) is 5.82 Å². The topological polar surface area (TPSA) is 70.6 Å².